The van der Waals surface area contributed by atoms with Crippen LogP contribution in [0.2, 0.25) is 0 Å². The molecule has 98 valence electrons. The first-order valence-corrected chi connectivity index (χ1v) is 5.46. The number of aromatic nitrogens is 1. The number of carbonyl (C=O) groups is 1. The molecule has 2 N–H and O–H groups in total. The van der Waals surface area contributed by atoms with Crippen LogP contribution in [0.15, 0.2) is 12.3 Å². The fourth-order valence-corrected chi connectivity index (χ4v) is 1.39. The van der Waals surface area contributed by atoms with E-state index < -0.39 is 4.92 Å². The van der Waals surface area contributed by atoms with Crippen LogP contribution < -0.4 is 5.73 Å². The smallest absolute Gasteiger partial charge is 0.288 e. The molecule has 1 unspecified atom stereocenters. The van der Waals surface area contributed by atoms with Gasteiger partial charge >= 0.3 is 0 Å². The van der Waals surface area contributed by atoms with E-state index in [1.54, 1.807) is 20.9 Å². The van der Waals surface area contributed by atoms with E-state index in [-0.39, 0.29) is 23.2 Å². The molecular formula is C11H16N4O3. The second kappa shape index (κ2) is 5.54. The number of nitrogens with two attached hydrogens (primary N) is 1. The third-order valence-electron chi connectivity index (χ3n) is 2.84. The number of carbonyl (C=O) groups excluding carboxylic acids is 1. The standard InChI is InChI=1S/C11H16N4O3/c1-7(5-12)14(3)11(16)10-4-9(15(17)18)6-13-8(10)2/h4,6-7H,5,12H2,1-3H3. The van der Waals surface area contributed by atoms with Gasteiger partial charge in [0, 0.05) is 25.7 Å². The van der Waals surface area contributed by atoms with Gasteiger partial charge in [-0.15, -0.1) is 0 Å². The highest BCUT2D eigenvalue weighted by Gasteiger charge is 2.21. The van der Waals surface area contributed by atoms with Gasteiger partial charge in [-0.3, -0.25) is 19.9 Å². The Bertz CT molecular complexity index is 475. The molecule has 0 aliphatic carbocycles. The monoisotopic (exact) mass is 252 g/mol. The molecule has 1 amide bonds. The zero-order chi connectivity index (χ0) is 13.9. The molecule has 0 fully saturated rings. The summed E-state index contributed by atoms with van der Waals surface area (Å²) in [7, 11) is 1.61. The summed E-state index contributed by atoms with van der Waals surface area (Å²) in [4.78, 5) is 27.6. The molecule has 18 heavy (non-hydrogen) atoms. The van der Waals surface area contributed by atoms with Crippen LogP contribution in [0.25, 0.3) is 0 Å². The Balaban J connectivity index is 3.12. The van der Waals surface area contributed by atoms with E-state index in [4.69, 9.17) is 5.73 Å². The quantitative estimate of drug-likeness (QED) is 0.628. The number of nitrogens with zero attached hydrogens (tertiary/aromatic N) is 3. The maximum absolute atomic E-state index is 12.1. The van der Waals surface area contributed by atoms with Gasteiger partial charge in [-0.1, -0.05) is 0 Å². The lowest BCUT2D eigenvalue weighted by atomic mass is 10.1. The van der Waals surface area contributed by atoms with Crippen LogP contribution in [0.3, 0.4) is 0 Å². The highest BCUT2D eigenvalue weighted by molar-refractivity contribution is 5.95. The number of amides is 1. The van der Waals surface area contributed by atoms with Gasteiger partial charge in [0.05, 0.1) is 16.2 Å². The maximum Gasteiger partial charge on any atom is 0.288 e. The third-order valence-corrected chi connectivity index (χ3v) is 2.84. The summed E-state index contributed by atoms with van der Waals surface area (Å²) in [6.45, 7) is 3.76. The minimum atomic E-state index is -0.574. The van der Waals surface area contributed by atoms with Gasteiger partial charge in [0.1, 0.15) is 6.20 Å². The van der Waals surface area contributed by atoms with Crippen molar-refractivity contribution in [3.63, 3.8) is 0 Å². The Kier molecular flexibility index (Phi) is 4.33. The molecular weight excluding hydrogens is 236 g/mol. The van der Waals surface area contributed by atoms with Crippen LogP contribution in [0.5, 0.6) is 0 Å². The lowest BCUT2D eigenvalue weighted by Gasteiger charge is -2.24. The number of aryl methyl sites for hydroxylation is 1. The van der Waals surface area contributed by atoms with Gasteiger partial charge in [0.2, 0.25) is 0 Å². The van der Waals surface area contributed by atoms with Crippen LogP contribution in [0, 0.1) is 17.0 Å². The van der Waals surface area contributed by atoms with E-state index in [0.29, 0.717) is 12.2 Å². The lowest BCUT2D eigenvalue weighted by molar-refractivity contribution is -0.385. The second-order valence-corrected chi connectivity index (χ2v) is 4.08. The lowest BCUT2D eigenvalue weighted by Crippen LogP contribution is -2.40. The number of pyridine rings is 1. The van der Waals surface area contributed by atoms with Gasteiger partial charge in [-0.05, 0) is 13.8 Å². The molecule has 7 nitrogen and oxygen atoms in total. The number of hydrogen-bond donors (Lipinski definition) is 1. The molecule has 0 spiro atoms. The van der Waals surface area contributed by atoms with E-state index in [9.17, 15) is 14.9 Å². The van der Waals surface area contributed by atoms with Crippen molar-refractivity contribution in [2.45, 2.75) is 19.9 Å². The topological polar surface area (TPSA) is 102 Å². The molecule has 1 atom stereocenters. The average molecular weight is 252 g/mol. The summed E-state index contributed by atoms with van der Waals surface area (Å²) >= 11 is 0. The summed E-state index contributed by atoms with van der Waals surface area (Å²) in [5.74, 6) is -0.318. The Morgan fingerprint density at radius 2 is 2.28 bits per heavy atom. The van der Waals surface area contributed by atoms with Crippen molar-refractivity contribution in [1.29, 1.82) is 0 Å². The molecule has 0 radical (unpaired) electrons. The second-order valence-electron chi connectivity index (χ2n) is 4.08. The Morgan fingerprint density at radius 1 is 1.67 bits per heavy atom. The summed E-state index contributed by atoms with van der Waals surface area (Å²) in [5, 5.41) is 10.7. The molecule has 0 saturated heterocycles. The van der Waals surface area contributed by atoms with Crippen molar-refractivity contribution in [2.24, 2.45) is 5.73 Å². The molecule has 1 aromatic rings. The Hall–Kier alpha value is -2.02. The largest absolute Gasteiger partial charge is 0.338 e. The van der Waals surface area contributed by atoms with E-state index in [1.165, 1.54) is 11.0 Å². The SMILES string of the molecule is Cc1ncc([N+](=O)[O-])cc1C(=O)N(C)C(C)CN. The third kappa shape index (κ3) is 2.80. The van der Waals surface area contributed by atoms with Gasteiger partial charge in [-0.2, -0.15) is 0 Å². The van der Waals surface area contributed by atoms with Gasteiger partial charge < -0.3 is 10.6 Å². The Labute approximate surface area is 105 Å². The molecule has 0 aliphatic rings. The zero-order valence-electron chi connectivity index (χ0n) is 10.6. The molecule has 1 heterocycles. The number of rotatable bonds is 4. The van der Waals surface area contributed by atoms with Gasteiger partial charge in [0.25, 0.3) is 11.6 Å². The fourth-order valence-electron chi connectivity index (χ4n) is 1.39. The summed E-state index contributed by atoms with van der Waals surface area (Å²) in [6, 6.07) is 1.10. The average Bonchev–Trinajstić information content (AvgIpc) is 2.36. The maximum atomic E-state index is 12.1. The molecule has 0 saturated carbocycles. The minimum absolute atomic E-state index is 0.142. The fraction of sp³-hybridized carbons (Fsp3) is 0.455. The van der Waals surface area contributed by atoms with Crippen molar-refractivity contribution < 1.29 is 9.72 Å². The summed E-state index contributed by atoms with van der Waals surface area (Å²) in [6.07, 6.45) is 1.14. The highest BCUT2D eigenvalue weighted by Crippen LogP contribution is 2.16. The highest BCUT2D eigenvalue weighted by atomic mass is 16.6. The molecule has 0 bridgehead atoms. The molecule has 1 rings (SSSR count). The molecule has 0 aromatic carbocycles. The van der Waals surface area contributed by atoms with Crippen molar-refractivity contribution in [2.75, 3.05) is 13.6 Å². The predicted octanol–water partition coefficient (Wildman–Crippen LogP) is 0.717. The first-order chi connectivity index (χ1) is 8.38. The van der Waals surface area contributed by atoms with Crippen molar-refractivity contribution >= 4 is 11.6 Å². The number of nitro groups is 1. The first kappa shape index (κ1) is 14.0. The van der Waals surface area contributed by atoms with Crippen LogP contribution in [-0.4, -0.2) is 40.3 Å². The van der Waals surface area contributed by atoms with E-state index >= 15 is 0 Å². The normalized spacial score (nSPS) is 12.0. The van der Waals surface area contributed by atoms with Crippen molar-refractivity contribution in [3.05, 3.63) is 33.6 Å². The summed E-state index contributed by atoms with van der Waals surface area (Å²) < 4.78 is 0. The van der Waals surface area contributed by atoms with Crippen LogP contribution in [0.4, 0.5) is 5.69 Å². The van der Waals surface area contributed by atoms with Crippen molar-refractivity contribution in [3.8, 4) is 0 Å². The molecule has 0 aliphatic heterocycles. The van der Waals surface area contributed by atoms with Gasteiger partial charge in [0.15, 0.2) is 0 Å². The van der Waals surface area contributed by atoms with E-state index in [1.807, 2.05) is 0 Å². The van der Waals surface area contributed by atoms with Crippen LogP contribution in [-0.2, 0) is 0 Å². The first-order valence-electron chi connectivity index (χ1n) is 5.46. The predicted molar refractivity (Wildman–Crippen MR) is 66.2 cm³/mol. The van der Waals surface area contributed by atoms with E-state index in [0.717, 1.165) is 6.20 Å². The number of likely N-dealkylation sites (N-methyl/N-ethyl adjacent to an activating group) is 1. The van der Waals surface area contributed by atoms with Crippen molar-refractivity contribution in [1.82, 2.24) is 9.88 Å². The van der Waals surface area contributed by atoms with Crippen LogP contribution >= 0.6 is 0 Å². The number of hydrogen-bond acceptors (Lipinski definition) is 5. The van der Waals surface area contributed by atoms with Crippen LogP contribution in [0.1, 0.15) is 23.0 Å². The van der Waals surface area contributed by atoms with Gasteiger partial charge in [-0.25, -0.2) is 0 Å². The minimum Gasteiger partial charge on any atom is -0.338 e. The Morgan fingerprint density at radius 3 is 2.78 bits per heavy atom. The van der Waals surface area contributed by atoms with E-state index in [2.05, 4.69) is 4.98 Å². The molecule has 7 heteroatoms. The summed E-state index contributed by atoms with van der Waals surface area (Å²) in [5.41, 5.74) is 5.98. The zero-order valence-corrected chi connectivity index (χ0v) is 10.6. The molecule has 1 aromatic heterocycles.